The van der Waals surface area contributed by atoms with Crippen LogP contribution in [0.3, 0.4) is 0 Å². The molecule has 0 aromatic carbocycles. The van der Waals surface area contributed by atoms with Crippen LogP contribution >= 0.6 is 31.9 Å². The van der Waals surface area contributed by atoms with Gasteiger partial charge < -0.3 is 0 Å². The summed E-state index contributed by atoms with van der Waals surface area (Å²) in [7, 11) is 0. The molecule has 9 heavy (non-hydrogen) atoms. The summed E-state index contributed by atoms with van der Waals surface area (Å²) in [5, 5.41) is 0. The second kappa shape index (κ2) is 3.32. The number of hydrogen-bond acceptors (Lipinski definition) is 1. The molecule has 1 aromatic heterocycles. The summed E-state index contributed by atoms with van der Waals surface area (Å²) in [6, 6.07) is 3.91. The Balaban J connectivity index is 2.85. The van der Waals surface area contributed by atoms with Gasteiger partial charge in [-0.05, 0) is 17.7 Å². The molecule has 48 valence electrons. The fraction of sp³-hybridized carbons (Fsp3) is 0.167. The van der Waals surface area contributed by atoms with E-state index < -0.39 is 0 Å². The summed E-state index contributed by atoms with van der Waals surface area (Å²) in [5.74, 6) is 0. The molecule has 0 bridgehead atoms. The number of aromatic nitrogens is 1. The first kappa shape index (κ1) is 7.22. The van der Waals surface area contributed by atoms with Gasteiger partial charge in [-0.25, -0.2) is 0 Å². The minimum Gasteiger partial charge on any atom is -0.265 e. The highest BCUT2D eigenvalue weighted by molar-refractivity contribution is 9.24. The molecule has 0 unspecified atom stereocenters. The Hall–Kier alpha value is 0.110. The van der Waals surface area contributed by atoms with Crippen molar-refractivity contribution in [1.82, 2.24) is 4.98 Å². The topological polar surface area (TPSA) is 12.9 Å². The third-order valence-electron chi connectivity index (χ3n) is 0.958. The third kappa shape index (κ3) is 2.06. The fourth-order valence-electron chi connectivity index (χ4n) is 0.509. The van der Waals surface area contributed by atoms with E-state index in [1.807, 2.05) is 12.1 Å². The van der Waals surface area contributed by atoms with Crippen molar-refractivity contribution >= 4 is 31.9 Å². The van der Waals surface area contributed by atoms with Gasteiger partial charge in [0.1, 0.15) is 0 Å². The molecule has 1 aromatic rings. The summed E-state index contributed by atoms with van der Waals surface area (Å²) in [6.45, 7) is 0. The van der Waals surface area contributed by atoms with Crippen LogP contribution in [0, 0.1) is 0 Å². The van der Waals surface area contributed by atoms with Gasteiger partial charge in [0.15, 0.2) is 0 Å². The van der Waals surface area contributed by atoms with Crippen LogP contribution in [0.2, 0.25) is 0 Å². The molecular weight excluding hydrogens is 246 g/mol. The Morgan fingerprint density at radius 1 is 1.22 bits per heavy atom. The molecule has 1 rings (SSSR count). The van der Waals surface area contributed by atoms with Crippen molar-refractivity contribution < 1.29 is 0 Å². The lowest BCUT2D eigenvalue weighted by atomic mass is 10.3. The van der Waals surface area contributed by atoms with E-state index in [1.54, 1.807) is 12.4 Å². The number of alkyl halides is 2. The van der Waals surface area contributed by atoms with Gasteiger partial charge in [-0.3, -0.25) is 4.98 Å². The second-order valence-corrected chi connectivity index (χ2v) is 4.64. The molecule has 0 fully saturated rings. The highest BCUT2D eigenvalue weighted by atomic mass is 79.9. The van der Waals surface area contributed by atoms with Gasteiger partial charge in [0, 0.05) is 12.4 Å². The Kier molecular flexibility index (Phi) is 2.66. The molecule has 1 nitrogen and oxygen atoms in total. The van der Waals surface area contributed by atoms with Crippen LogP contribution in [-0.2, 0) is 0 Å². The second-order valence-electron chi connectivity index (χ2n) is 1.58. The van der Waals surface area contributed by atoms with E-state index >= 15 is 0 Å². The van der Waals surface area contributed by atoms with E-state index in [-0.39, 0.29) is 3.74 Å². The summed E-state index contributed by atoms with van der Waals surface area (Å²) in [4.78, 5) is 3.89. The number of pyridine rings is 1. The maximum Gasteiger partial charge on any atom is 0.0947 e. The predicted molar refractivity (Wildman–Crippen MR) is 44.8 cm³/mol. The Morgan fingerprint density at radius 3 is 2.11 bits per heavy atom. The monoisotopic (exact) mass is 249 g/mol. The molecule has 0 amide bonds. The van der Waals surface area contributed by atoms with Crippen molar-refractivity contribution in [2.45, 2.75) is 3.74 Å². The van der Waals surface area contributed by atoms with Crippen LogP contribution in [0.15, 0.2) is 24.5 Å². The molecular formula is C6H5Br2N. The smallest absolute Gasteiger partial charge is 0.0947 e. The van der Waals surface area contributed by atoms with Crippen molar-refractivity contribution in [1.29, 1.82) is 0 Å². The van der Waals surface area contributed by atoms with Gasteiger partial charge in [-0.15, -0.1) is 0 Å². The Labute approximate surface area is 70.8 Å². The van der Waals surface area contributed by atoms with Crippen molar-refractivity contribution in [3.63, 3.8) is 0 Å². The van der Waals surface area contributed by atoms with E-state index in [2.05, 4.69) is 36.8 Å². The standard InChI is InChI=1S/C6H5Br2N/c7-6(8)5-1-3-9-4-2-5/h1-4,6H. The zero-order chi connectivity index (χ0) is 6.69. The summed E-state index contributed by atoms with van der Waals surface area (Å²) >= 11 is 6.74. The quantitative estimate of drug-likeness (QED) is 0.699. The van der Waals surface area contributed by atoms with E-state index in [1.165, 1.54) is 5.56 Å². The molecule has 1 heterocycles. The molecule has 3 heteroatoms. The molecule has 0 aliphatic heterocycles. The van der Waals surface area contributed by atoms with Crippen LogP contribution in [0.1, 0.15) is 9.30 Å². The summed E-state index contributed by atoms with van der Waals surface area (Å²) < 4.78 is 0.244. The fourth-order valence-corrected chi connectivity index (χ4v) is 1.12. The molecule has 0 aliphatic rings. The minimum atomic E-state index is 0.244. The molecule has 0 saturated heterocycles. The van der Waals surface area contributed by atoms with Crippen molar-refractivity contribution in [2.24, 2.45) is 0 Å². The predicted octanol–water partition coefficient (Wildman–Crippen LogP) is 2.87. The maximum atomic E-state index is 3.89. The molecule has 0 atom stereocenters. The van der Waals surface area contributed by atoms with Gasteiger partial charge in [0.2, 0.25) is 0 Å². The van der Waals surface area contributed by atoms with Crippen LogP contribution in [0.4, 0.5) is 0 Å². The first-order valence-electron chi connectivity index (χ1n) is 2.49. The Bertz CT molecular complexity index is 174. The molecule has 0 aliphatic carbocycles. The highest BCUT2D eigenvalue weighted by Crippen LogP contribution is 2.27. The first-order chi connectivity index (χ1) is 4.30. The normalized spacial score (nSPS) is 10.1. The first-order valence-corrected chi connectivity index (χ1v) is 4.32. The van der Waals surface area contributed by atoms with Gasteiger partial charge in [0.25, 0.3) is 0 Å². The van der Waals surface area contributed by atoms with Crippen LogP contribution in [0.5, 0.6) is 0 Å². The number of halogens is 2. The molecule has 0 spiro atoms. The van der Waals surface area contributed by atoms with E-state index in [4.69, 9.17) is 0 Å². The van der Waals surface area contributed by atoms with Gasteiger partial charge in [0.05, 0.1) is 3.74 Å². The number of nitrogens with zero attached hydrogens (tertiary/aromatic N) is 1. The lowest BCUT2D eigenvalue weighted by Gasteiger charge is -1.97. The average molecular weight is 251 g/mol. The molecule has 0 saturated carbocycles. The highest BCUT2D eigenvalue weighted by Gasteiger charge is 1.98. The van der Waals surface area contributed by atoms with Gasteiger partial charge >= 0.3 is 0 Å². The zero-order valence-electron chi connectivity index (χ0n) is 4.59. The van der Waals surface area contributed by atoms with Crippen LogP contribution in [0.25, 0.3) is 0 Å². The van der Waals surface area contributed by atoms with E-state index in [0.717, 1.165) is 0 Å². The lowest BCUT2D eigenvalue weighted by Crippen LogP contribution is -1.78. The maximum absolute atomic E-state index is 3.89. The number of hydrogen-bond donors (Lipinski definition) is 0. The van der Waals surface area contributed by atoms with E-state index in [0.29, 0.717) is 0 Å². The summed E-state index contributed by atoms with van der Waals surface area (Å²) in [5.41, 5.74) is 1.19. The SMILES string of the molecule is BrC(Br)c1ccncc1. The van der Waals surface area contributed by atoms with Gasteiger partial charge in [-0.2, -0.15) is 0 Å². The van der Waals surface area contributed by atoms with Crippen molar-refractivity contribution in [2.75, 3.05) is 0 Å². The average Bonchev–Trinajstić information content (AvgIpc) is 1.90. The largest absolute Gasteiger partial charge is 0.265 e. The summed E-state index contributed by atoms with van der Waals surface area (Å²) in [6.07, 6.45) is 3.54. The molecule has 0 N–H and O–H groups in total. The Morgan fingerprint density at radius 2 is 1.78 bits per heavy atom. The lowest BCUT2D eigenvalue weighted by molar-refractivity contribution is 1.27. The van der Waals surface area contributed by atoms with E-state index in [9.17, 15) is 0 Å². The van der Waals surface area contributed by atoms with Crippen molar-refractivity contribution in [3.8, 4) is 0 Å². The number of rotatable bonds is 1. The van der Waals surface area contributed by atoms with Gasteiger partial charge in [-0.1, -0.05) is 31.9 Å². The van der Waals surface area contributed by atoms with Crippen molar-refractivity contribution in [3.05, 3.63) is 30.1 Å². The van der Waals surface area contributed by atoms with Crippen LogP contribution < -0.4 is 0 Å². The molecule has 0 radical (unpaired) electrons. The third-order valence-corrected chi connectivity index (χ3v) is 2.02. The van der Waals surface area contributed by atoms with Crippen LogP contribution in [-0.4, -0.2) is 4.98 Å². The zero-order valence-corrected chi connectivity index (χ0v) is 7.76. The minimum absolute atomic E-state index is 0.244.